The van der Waals surface area contributed by atoms with Crippen LogP contribution in [0.4, 0.5) is 5.82 Å². The van der Waals surface area contributed by atoms with Crippen LogP contribution in [0.1, 0.15) is 6.42 Å². The van der Waals surface area contributed by atoms with Crippen LogP contribution in [0.3, 0.4) is 0 Å². The Kier molecular flexibility index (Phi) is 3.89. The van der Waals surface area contributed by atoms with Crippen LogP contribution in [0.25, 0.3) is 0 Å². The van der Waals surface area contributed by atoms with Gasteiger partial charge in [0.15, 0.2) is 11.6 Å². The SMILES string of the molecule is O=C(CC1CNCCO1)Nc1ncccc1O. The van der Waals surface area contributed by atoms with Crippen molar-refractivity contribution < 1.29 is 14.6 Å². The molecule has 1 atom stereocenters. The molecule has 1 aliphatic rings. The molecule has 6 nitrogen and oxygen atoms in total. The van der Waals surface area contributed by atoms with Crippen molar-refractivity contribution in [3.8, 4) is 5.75 Å². The van der Waals surface area contributed by atoms with Crippen LogP contribution in [0.15, 0.2) is 18.3 Å². The van der Waals surface area contributed by atoms with Gasteiger partial charge in [-0.15, -0.1) is 0 Å². The molecular formula is C11H15N3O3. The first kappa shape index (κ1) is 11.8. The number of morpholine rings is 1. The Hall–Kier alpha value is -1.66. The molecule has 3 N–H and O–H groups in total. The number of aromatic hydroxyl groups is 1. The standard InChI is InChI=1S/C11H15N3O3/c15-9-2-1-3-13-11(9)14-10(16)6-8-7-12-4-5-17-8/h1-3,8,12,15H,4-7H2,(H,13,14,16). The lowest BCUT2D eigenvalue weighted by atomic mass is 10.2. The van der Waals surface area contributed by atoms with E-state index in [4.69, 9.17) is 4.74 Å². The first-order chi connectivity index (χ1) is 8.25. The van der Waals surface area contributed by atoms with E-state index in [-0.39, 0.29) is 30.0 Å². The maximum Gasteiger partial charge on any atom is 0.228 e. The van der Waals surface area contributed by atoms with Gasteiger partial charge >= 0.3 is 0 Å². The van der Waals surface area contributed by atoms with Gasteiger partial charge in [-0.25, -0.2) is 4.98 Å². The van der Waals surface area contributed by atoms with Gasteiger partial charge in [0.2, 0.25) is 5.91 Å². The van der Waals surface area contributed by atoms with Crippen LogP contribution in [0, 0.1) is 0 Å². The van der Waals surface area contributed by atoms with Crippen molar-refractivity contribution >= 4 is 11.7 Å². The number of hydrogen-bond donors (Lipinski definition) is 3. The fourth-order valence-corrected chi connectivity index (χ4v) is 1.63. The van der Waals surface area contributed by atoms with Crippen LogP contribution < -0.4 is 10.6 Å². The van der Waals surface area contributed by atoms with E-state index in [9.17, 15) is 9.90 Å². The Bertz CT molecular complexity index is 391. The van der Waals surface area contributed by atoms with Gasteiger partial charge < -0.3 is 20.5 Å². The van der Waals surface area contributed by atoms with Crippen molar-refractivity contribution in [3.05, 3.63) is 18.3 Å². The van der Waals surface area contributed by atoms with Gasteiger partial charge in [0.25, 0.3) is 0 Å². The Balaban J connectivity index is 1.86. The maximum absolute atomic E-state index is 11.7. The topological polar surface area (TPSA) is 83.5 Å². The number of nitrogens with zero attached hydrogens (tertiary/aromatic N) is 1. The highest BCUT2D eigenvalue weighted by molar-refractivity contribution is 5.91. The van der Waals surface area contributed by atoms with Crippen LogP contribution in [0.5, 0.6) is 5.75 Å². The lowest BCUT2D eigenvalue weighted by Gasteiger charge is -2.22. The lowest BCUT2D eigenvalue weighted by molar-refractivity contribution is -0.119. The molecule has 0 saturated carbocycles. The number of pyridine rings is 1. The Labute approximate surface area is 99.0 Å². The Morgan fingerprint density at radius 2 is 2.59 bits per heavy atom. The van der Waals surface area contributed by atoms with Gasteiger partial charge in [0, 0.05) is 19.3 Å². The Morgan fingerprint density at radius 1 is 1.71 bits per heavy atom. The summed E-state index contributed by atoms with van der Waals surface area (Å²) in [5.41, 5.74) is 0. The van der Waals surface area contributed by atoms with Crippen molar-refractivity contribution in [2.45, 2.75) is 12.5 Å². The summed E-state index contributed by atoms with van der Waals surface area (Å²) in [5.74, 6) is -0.0718. The minimum Gasteiger partial charge on any atom is -0.504 e. The van der Waals surface area contributed by atoms with Crippen molar-refractivity contribution in [1.82, 2.24) is 10.3 Å². The molecule has 0 radical (unpaired) electrons. The molecule has 0 aliphatic carbocycles. The lowest BCUT2D eigenvalue weighted by Crippen LogP contribution is -2.40. The Morgan fingerprint density at radius 3 is 3.29 bits per heavy atom. The maximum atomic E-state index is 11.7. The highest BCUT2D eigenvalue weighted by atomic mass is 16.5. The first-order valence-electron chi connectivity index (χ1n) is 5.52. The van der Waals surface area contributed by atoms with E-state index in [2.05, 4.69) is 15.6 Å². The molecular weight excluding hydrogens is 222 g/mol. The zero-order valence-electron chi connectivity index (χ0n) is 9.35. The smallest absolute Gasteiger partial charge is 0.228 e. The highest BCUT2D eigenvalue weighted by Gasteiger charge is 2.18. The monoisotopic (exact) mass is 237 g/mol. The van der Waals surface area contributed by atoms with E-state index in [0.717, 1.165) is 6.54 Å². The number of nitrogens with one attached hydrogen (secondary N) is 2. The minimum absolute atomic E-state index is 0.0384. The van der Waals surface area contributed by atoms with Gasteiger partial charge in [-0.3, -0.25) is 4.79 Å². The predicted molar refractivity (Wildman–Crippen MR) is 61.8 cm³/mol. The van der Waals surface area contributed by atoms with E-state index in [1.807, 2.05) is 0 Å². The summed E-state index contributed by atoms with van der Waals surface area (Å²) < 4.78 is 5.41. The molecule has 0 aromatic carbocycles. The van der Waals surface area contributed by atoms with Crippen LogP contribution in [0.2, 0.25) is 0 Å². The number of rotatable bonds is 3. The number of carbonyl (C=O) groups is 1. The second-order valence-electron chi connectivity index (χ2n) is 3.82. The molecule has 92 valence electrons. The van der Waals surface area contributed by atoms with Gasteiger partial charge in [-0.1, -0.05) is 0 Å². The summed E-state index contributed by atoms with van der Waals surface area (Å²) in [7, 11) is 0. The van der Waals surface area contributed by atoms with Crippen LogP contribution in [-0.2, 0) is 9.53 Å². The molecule has 2 heterocycles. The normalized spacial score (nSPS) is 19.9. The van der Waals surface area contributed by atoms with Crippen molar-refractivity contribution in [3.63, 3.8) is 0 Å². The van der Waals surface area contributed by atoms with E-state index in [1.165, 1.54) is 12.3 Å². The van der Waals surface area contributed by atoms with Gasteiger partial charge in [-0.2, -0.15) is 0 Å². The number of aromatic nitrogens is 1. The van der Waals surface area contributed by atoms with Crippen LogP contribution in [-0.4, -0.2) is 41.8 Å². The zero-order chi connectivity index (χ0) is 12.1. The van der Waals surface area contributed by atoms with Crippen molar-refractivity contribution in [2.75, 3.05) is 25.0 Å². The van der Waals surface area contributed by atoms with Crippen molar-refractivity contribution in [1.29, 1.82) is 0 Å². The zero-order valence-corrected chi connectivity index (χ0v) is 9.35. The molecule has 1 aromatic heterocycles. The van der Waals surface area contributed by atoms with E-state index >= 15 is 0 Å². The molecule has 0 bridgehead atoms. The second-order valence-corrected chi connectivity index (χ2v) is 3.82. The molecule has 6 heteroatoms. The van der Waals surface area contributed by atoms with Crippen LogP contribution >= 0.6 is 0 Å². The number of anilines is 1. The molecule has 1 unspecified atom stereocenters. The molecule has 1 saturated heterocycles. The van der Waals surface area contributed by atoms with Gasteiger partial charge in [0.1, 0.15) is 0 Å². The molecule has 0 spiro atoms. The first-order valence-corrected chi connectivity index (χ1v) is 5.52. The summed E-state index contributed by atoms with van der Waals surface area (Å²) in [6.45, 7) is 2.10. The number of carbonyl (C=O) groups excluding carboxylic acids is 1. The molecule has 1 fully saturated rings. The van der Waals surface area contributed by atoms with E-state index < -0.39 is 0 Å². The third kappa shape index (κ3) is 3.40. The molecule has 1 amide bonds. The average Bonchev–Trinajstić information content (AvgIpc) is 2.33. The fourth-order valence-electron chi connectivity index (χ4n) is 1.63. The van der Waals surface area contributed by atoms with Gasteiger partial charge in [-0.05, 0) is 12.1 Å². The number of hydrogen-bond acceptors (Lipinski definition) is 5. The fraction of sp³-hybridized carbons (Fsp3) is 0.455. The summed E-state index contributed by atoms with van der Waals surface area (Å²) in [6.07, 6.45) is 1.64. The minimum atomic E-state index is -0.215. The van der Waals surface area contributed by atoms with Crippen molar-refractivity contribution in [2.24, 2.45) is 0 Å². The predicted octanol–water partition coefficient (Wildman–Crippen LogP) is 0.104. The third-order valence-corrected chi connectivity index (χ3v) is 2.46. The summed E-state index contributed by atoms with van der Waals surface area (Å²) >= 11 is 0. The van der Waals surface area contributed by atoms with E-state index in [1.54, 1.807) is 6.07 Å². The quantitative estimate of drug-likeness (QED) is 0.694. The number of amides is 1. The summed E-state index contributed by atoms with van der Waals surface area (Å²) in [4.78, 5) is 15.5. The van der Waals surface area contributed by atoms with Gasteiger partial charge in [0.05, 0.1) is 19.1 Å². The highest BCUT2D eigenvalue weighted by Crippen LogP contribution is 2.18. The molecule has 2 rings (SSSR count). The largest absolute Gasteiger partial charge is 0.504 e. The average molecular weight is 237 g/mol. The van der Waals surface area contributed by atoms with E-state index in [0.29, 0.717) is 13.2 Å². The molecule has 17 heavy (non-hydrogen) atoms. The summed E-state index contributed by atoms with van der Waals surface area (Å²) in [5, 5.41) is 15.1. The number of ether oxygens (including phenoxy) is 1. The third-order valence-electron chi connectivity index (χ3n) is 2.46. The molecule has 1 aliphatic heterocycles. The molecule has 1 aromatic rings. The summed E-state index contributed by atoms with van der Waals surface area (Å²) in [6, 6.07) is 3.07. The second kappa shape index (κ2) is 5.60.